The number of hydrogen-bond acceptors (Lipinski definition) is 4. The predicted octanol–water partition coefficient (Wildman–Crippen LogP) is 1.34. The van der Waals surface area contributed by atoms with Crippen molar-refractivity contribution in [2.75, 3.05) is 12.3 Å². The van der Waals surface area contributed by atoms with Crippen LogP contribution in [0.15, 0.2) is 36.4 Å². The van der Waals surface area contributed by atoms with Gasteiger partial charge in [-0.15, -0.1) is 10.2 Å². The molecule has 0 fully saturated rings. The van der Waals surface area contributed by atoms with Crippen molar-refractivity contribution < 1.29 is 4.79 Å². The number of hydrogen-bond donors (Lipinski definition) is 2. The highest BCUT2D eigenvalue weighted by Gasteiger charge is 2.07. The van der Waals surface area contributed by atoms with E-state index in [0.29, 0.717) is 12.4 Å². The molecule has 0 aliphatic heterocycles. The second-order valence-corrected chi connectivity index (χ2v) is 4.28. The zero-order valence-corrected chi connectivity index (χ0v) is 10.8. The van der Waals surface area contributed by atoms with E-state index in [4.69, 9.17) is 5.73 Å². The lowest BCUT2D eigenvalue weighted by Gasteiger charge is -2.06. The van der Waals surface area contributed by atoms with Crippen molar-refractivity contribution in [2.45, 2.75) is 13.3 Å². The van der Waals surface area contributed by atoms with Crippen molar-refractivity contribution in [1.82, 2.24) is 15.5 Å². The van der Waals surface area contributed by atoms with Crippen LogP contribution in [0.3, 0.4) is 0 Å². The van der Waals surface area contributed by atoms with Gasteiger partial charge in [-0.25, -0.2) is 0 Å². The number of aryl methyl sites for hydroxylation is 1. The van der Waals surface area contributed by atoms with Gasteiger partial charge in [0.1, 0.15) is 5.82 Å². The van der Waals surface area contributed by atoms with E-state index in [1.165, 1.54) is 11.1 Å². The number of rotatable bonds is 4. The van der Waals surface area contributed by atoms with Gasteiger partial charge >= 0.3 is 0 Å². The maximum absolute atomic E-state index is 11.8. The minimum absolute atomic E-state index is 0.235. The van der Waals surface area contributed by atoms with Gasteiger partial charge in [0, 0.05) is 6.54 Å². The molecule has 0 saturated carbocycles. The van der Waals surface area contributed by atoms with Crippen LogP contribution in [0.25, 0.3) is 0 Å². The van der Waals surface area contributed by atoms with Crippen molar-refractivity contribution >= 4 is 11.7 Å². The summed E-state index contributed by atoms with van der Waals surface area (Å²) in [7, 11) is 0. The van der Waals surface area contributed by atoms with Crippen LogP contribution in [0.4, 0.5) is 5.82 Å². The lowest BCUT2D eigenvalue weighted by molar-refractivity contribution is 0.0948. The van der Waals surface area contributed by atoms with E-state index in [-0.39, 0.29) is 11.6 Å². The topological polar surface area (TPSA) is 80.9 Å². The first-order valence-corrected chi connectivity index (χ1v) is 6.09. The number of nitrogens with one attached hydrogen (secondary N) is 1. The van der Waals surface area contributed by atoms with Gasteiger partial charge in [-0.1, -0.05) is 24.3 Å². The van der Waals surface area contributed by atoms with Gasteiger partial charge in [0.15, 0.2) is 5.69 Å². The molecule has 1 heterocycles. The number of nitrogens with zero attached hydrogens (tertiary/aromatic N) is 2. The lowest BCUT2D eigenvalue weighted by Crippen LogP contribution is -2.27. The maximum atomic E-state index is 11.8. The average Bonchev–Trinajstić information content (AvgIpc) is 2.41. The van der Waals surface area contributed by atoms with Gasteiger partial charge in [0.05, 0.1) is 0 Å². The van der Waals surface area contributed by atoms with Crippen molar-refractivity contribution in [1.29, 1.82) is 0 Å². The molecule has 1 amide bonds. The van der Waals surface area contributed by atoms with Crippen LogP contribution in [0, 0.1) is 6.92 Å². The van der Waals surface area contributed by atoms with E-state index in [1.807, 2.05) is 12.1 Å². The Labute approximate surface area is 111 Å². The predicted molar refractivity (Wildman–Crippen MR) is 73.7 cm³/mol. The first-order chi connectivity index (χ1) is 9.16. The van der Waals surface area contributed by atoms with Crippen LogP contribution in [-0.4, -0.2) is 22.6 Å². The third-order valence-corrected chi connectivity index (χ3v) is 2.86. The van der Waals surface area contributed by atoms with Crippen molar-refractivity contribution in [3.05, 3.63) is 53.2 Å². The van der Waals surface area contributed by atoms with E-state index < -0.39 is 0 Å². The number of carbonyl (C=O) groups excluding carboxylic acids is 1. The fourth-order valence-corrected chi connectivity index (χ4v) is 1.76. The summed E-state index contributed by atoms with van der Waals surface area (Å²) in [5, 5.41) is 10.2. The summed E-state index contributed by atoms with van der Waals surface area (Å²) in [6.07, 6.45) is 0.792. The third-order valence-electron chi connectivity index (χ3n) is 2.86. The van der Waals surface area contributed by atoms with Crippen LogP contribution in [0.5, 0.6) is 0 Å². The number of nitrogen functional groups attached to an aromatic ring is 1. The molecule has 0 unspecified atom stereocenters. The minimum atomic E-state index is -0.235. The molecule has 5 nitrogen and oxygen atoms in total. The molecule has 1 aromatic heterocycles. The van der Waals surface area contributed by atoms with Crippen LogP contribution in [0.2, 0.25) is 0 Å². The normalized spacial score (nSPS) is 10.2. The van der Waals surface area contributed by atoms with Gasteiger partial charge in [0.2, 0.25) is 0 Å². The molecule has 98 valence electrons. The standard InChI is InChI=1S/C14H16N4O/c1-10-4-2-3-5-11(10)8-9-16-14(19)12-6-7-13(15)18-17-12/h2-7H,8-9H2,1H3,(H2,15,18)(H,16,19). The Hall–Kier alpha value is -2.43. The van der Waals surface area contributed by atoms with Gasteiger partial charge in [-0.05, 0) is 36.6 Å². The van der Waals surface area contributed by atoms with Gasteiger partial charge in [0.25, 0.3) is 5.91 Å². The first-order valence-electron chi connectivity index (χ1n) is 6.09. The quantitative estimate of drug-likeness (QED) is 0.865. The number of anilines is 1. The molecule has 0 atom stereocenters. The Balaban J connectivity index is 1.88. The van der Waals surface area contributed by atoms with Gasteiger partial charge < -0.3 is 11.1 Å². The van der Waals surface area contributed by atoms with Crippen molar-refractivity contribution in [3.63, 3.8) is 0 Å². The first kappa shape index (κ1) is 13.0. The fourth-order valence-electron chi connectivity index (χ4n) is 1.76. The molecule has 0 saturated heterocycles. The Morgan fingerprint density at radius 2 is 2.00 bits per heavy atom. The maximum Gasteiger partial charge on any atom is 0.271 e. The summed E-state index contributed by atoms with van der Waals surface area (Å²) in [5.41, 5.74) is 8.15. The number of aromatic nitrogens is 2. The summed E-state index contributed by atoms with van der Waals surface area (Å²) < 4.78 is 0. The van der Waals surface area contributed by atoms with Gasteiger partial charge in [-0.3, -0.25) is 4.79 Å². The van der Waals surface area contributed by atoms with E-state index in [1.54, 1.807) is 12.1 Å². The minimum Gasteiger partial charge on any atom is -0.382 e. The van der Waals surface area contributed by atoms with E-state index in [2.05, 4.69) is 34.6 Å². The van der Waals surface area contributed by atoms with Gasteiger partial charge in [-0.2, -0.15) is 0 Å². The monoisotopic (exact) mass is 256 g/mol. The molecule has 2 rings (SSSR count). The zero-order valence-electron chi connectivity index (χ0n) is 10.8. The third kappa shape index (κ3) is 3.51. The molecule has 3 N–H and O–H groups in total. The molecule has 19 heavy (non-hydrogen) atoms. The van der Waals surface area contributed by atoms with E-state index in [0.717, 1.165) is 6.42 Å². The smallest absolute Gasteiger partial charge is 0.271 e. The summed E-state index contributed by atoms with van der Waals surface area (Å²) in [5.74, 6) is 0.0672. The Morgan fingerprint density at radius 1 is 1.21 bits per heavy atom. The summed E-state index contributed by atoms with van der Waals surface area (Å²) in [6.45, 7) is 2.62. The molecule has 0 radical (unpaired) electrons. The Bertz CT molecular complexity index is 566. The van der Waals surface area contributed by atoms with E-state index >= 15 is 0 Å². The number of benzene rings is 1. The zero-order chi connectivity index (χ0) is 13.7. The highest BCUT2D eigenvalue weighted by Crippen LogP contribution is 2.07. The second kappa shape index (κ2) is 5.95. The molecule has 2 aromatic rings. The molecular formula is C14H16N4O. The second-order valence-electron chi connectivity index (χ2n) is 4.28. The molecule has 0 spiro atoms. The van der Waals surface area contributed by atoms with Crippen LogP contribution >= 0.6 is 0 Å². The fraction of sp³-hybridized carbons (Fsp3) is 0.214. The number of carbonyl (C=O) groups is 1. The molecular weight excluding hydrogens is 240 g/mol. The van der Waals surface area contributed by atoms with Crippen molar-refractivity contribution in [3.8, 4) is 0 Å². The Kier molecular flexibility index (Phi) is 4.07. The highest BCUT2D eigenvalue weighted by molar-refractivity contribution is 5.92. The highest BCUT2D eigenvalue weighted by atomic mass is 16.1. The largest absolute Gasteiger partial charge is 0.382 e. The average molecular weight is 256 g/mol. The Morgan fingerprint density at radius 3 is 2.68 bits per heavy atom. The number of nitrogens with two attached hydrogens (primary N) is 1. The molecule has 0 aliphatic carbocycles. The summed E-state index contributed by atoms with van der Waals surface area (Å²) in [4.78, 5) is 11.8. The summed E-state index contributed by atoms with van der Waals surface area (Å²) in [6, 6.07) is 11.2. The van der Waals surface area contributed by atoms with Crippen LogP contribution in [0.1, 0.15) is 21.6 Å². The molecule has 5 heteroatoms. The van der Waals surface area contributed by atoms with Crippen LogP contribution < -0.4 is 11.1 Å². The molecule has 0 bridgehead atoms. The summed E-state index contributed by atoms with van der Waals surface area (Å²) >= 11 is 0. The number of amides is 1. The lowest BCUT2D eigenvalue weighted by atomic mass is 10.1. The molecule has 1 aromatic carbocycles. The van der Waals surface area contributed by atoms with E-state index in [9.17, 15) is 4.79 Å². The van der Waals surface area contributed by atoms with Crippen molar-refractivity contribution in [2.24, 2.45) is 0 Å². The SMILES string of the molecule is Cc1ccccc1CCNC(=O)c1ccc(N)nn1. The van der Waals surface area contributed by atoms with Crippen LogP contribution in [-0.2, 0) is 6.42 Å². The molecule has 0 aliphatic rings.